The molecule has 3 N–H and O–H groups in total. The summed E-state index contributed by atoms with van der Waals surface area (Å²) in [5, 5.41) is 8.90. The van der Waals surface area contributed by atoms with Gasteiger partial charge in [-0.15, -0.1) is 11.8 Å². The molecule has 4 heteroatoms. The van der Waals surface area contributed by atoms with Crippen LogP contribution >= 0.6 is 11.8 Å². The molecule has 0 saturated carbocycles. The molecule has 0 saturated heterocycles. The van der Waals surface area contributed by atoms with Crippen LogP contribution in [0.15, 0.2) is 29.2 Å². The number of thioether (sulfide) groups is 1. The molecule has 0 bridgehead atoms. The number of hydrogen-bond donors (Lipinski definition) is 2. The number of nitrogens with two attached hydrogens (primary N) is 1. The van der Waals surface area contributed by atoms with Gasteiger partial charge in [0.2, 0.25) is 0 Å². The second kappa shape index (κ2) is 8.53. The van der Waals surface area contributed by atoms with Crippen molar-refractivity contribution >= 4 is 11.8 Å². The quantitative estimate of drug-likeness (QED) is 0.703. The van der Waals surface area contributed by atoms with E-state index < -0.39 is 0 Å². The molecule has 0 heterocycles. The number of nitrogens with zero attached hydrogens (tertiary/aromatic N) is 1. The summed E-state index contributed by atoms with van der Waals surface area (Å²) in [7, 11) is 2.04. The molecule has 0 aliphatic rings. The standard InChI is InChI=1S/C14H24N2OS/c1-3-18-14-6-4-12(5-7-14)8-9-16(2)10-13(15)11-17/h4-7,13,17H,3,8-11,15H2,1-2H3. The largest absolute Gasteiger partial charge is 0.395 e. The molecule has 3 nitrogen and oxygen atoms in total. The summed E-state index contributed by atoms with van der Waals surface area (Å²) in [6.45, 7) is 3.92. The van der Waals surface area contributed by atoms with Crippen LogP contribution in [0.1, 0.15) is 12.5 Å². The van der Waals surface area contributed by atoms with Crippen molar-refractivity contribution in [1.82, 2.24) is 4.90 Å². The maximum atomic E-state index is 8.90. The number of benzene rings is 1. The highest BCUT2D eigenvalue weighted by atomic mass is 32.2. The van der Waals surface area contributed by atoms with Crippen molar-refractivity contribution < 1.29 is 5.11 Å². The van der Waals surface area contributed by atoms with Gasteiger partial charge in [-0.1, -0.05) is 19.1 Å². The first-order valence-corrected chi connectivity index (χ1v) is 7.41. The predicted molar refractivity (Wildman–Crippen MR) is 79.1 cm³/mol. The summed E-state index contributed by atoms with van der Waals surface area (Å²) >= 11 is 1.87. The van der Waals surface area contributed by atoms with E-state index in [0.717, 1.165) is 25.3 Å². The molecule has 1 aromatic rings. The molecule has 1 rings (SSSR count). The van der Waals surface area contributed by atoms with Gasteiger partial charge in [0.05, 0.1) is 6.61 Å². The Morgan fingerprint density at radius 2 is 2.00 bits per heavy atom. The Hall–Kier alpha value is -0.550. The molecule has 0 spiro atoms. The smallest absolute Gasteiger partial charge is 0.0595 e. The summed E-state index contributed by atoms with van der Waals surface area (Å²) in [6, 6.07) is 8.61. The Morgan fingerprint density at radius 3 is 2.56 bits per heavy atom. The second-order valence-electron chi connectivity index (χ2n) is 4.53. The van der Waals surface area contributed by atoms with Gasteiger partial charge in [0.1, 0.15) is 0 Å². The topological polar surface area (TPSA) is 49.5 Å². The fraction of sp³-hybridized carbons (Fsp3) is 0.571. The van der Waals surface area contributed by atoms with Crippen LogP contribution in [0.5, 0.6) is 0 Å². The summed E-state index contributed by atoms with van der Waals surface area (Å²) in [6.07, 6.45) is 1.02. The van der Waals surface area contributed by atoms with Crippen LogP contribution < -0.4 is 5.73 Å². The van der Waals surface area contributed by atoms with Gasteiger partial charge in [-0.25, -0.2) is 0 Å². The van der Waals surface area contributed by atoms with Crippen molar-refractivity contribution in [3.63, 3.8) is 0 Å². The zero-order valence-corrected chi connectivity index (χ0v) is 12.1. The molecule has 0 amide bonds. The highest BCUT2D eigenvalue weighted by molar-refractivity contribution is 7.99. The van der Waals surface area contributed by atoms with Crippen molar-refractivity contribution in [2.24, 2.45) is 5.73 Å². The van der Waals surface area contributed by atoms with Crippen LogP contribution in [0.3, 0.4) is 0 Å². The van der Waals surface area contributed by atoms with E-state index in [-0.39, 0.29) is 12.6 Å². The normalized spacial score (nSPS) is 12.9. The first-order valence-electron chi connectivity index (χ1n) is 6.42. The van der Waals surface area contributed by atoms with E-state index in [1.54, 1.807) is 0 Å². The zero-order chi connectivity index (χ0) is 13.4. The molecule has 0 aromatic heterocycles. The van der Waals surface area contributed by atoms with Gasteiger partial charge in [-0.05, 0) is 36.9 Å². The lowest BCUT2D eigenvalue weighted by Crippen LogP contribution is -2.38. The third kappa shape index (κ3) is 5.87. The highest BCUT2D eigenvalue weighted by Crippen LogP contribution is 2.17. The van der Waals surface area contributed by atoms with Crippen molar-refractivity contribution in [2.45, 2.75) is 24.3 Å². The van der Waals surface area contributed by atoms with E-state index in [1.807, 2.05) is 18.8 Å². The molecule has 1 unspecified atom stereocenters. The average Bonchev–Trinajstić information content (AvgIpc) is 2.38. The fourth-order valence-electron chi connectivity index (χ4n) is 1.79. The number of likely N-dealkylation sites (N-methyl/N-ethyl adjacent to an activating group) is 1. The van der Waals surface area contributed by atoms with Crippen molar-refractivity contribution in [3.05, 3.63) is 29.8 Å². The Balaban J connectivity index is 2.34. The molecule has 1 atom stereocenters. The lowest BCUT2D eigenvalue weighted by Gasteiger charge is -2.19. The minimum Gasteiger partial charge on any atom is -0.395 e. The summed E-state index contributed by atoms with van der Waals surface area (Å²) < 4.78 is 0. The highest BCUT2D eigenvalue weighted by Gasteiger charge is 2.05. The van der Waals surface area contributed by atoms with E-state index in [2.05, 4.69) is 36.1 Å². The molecule has 0 fully saturated rings. The van der Waals surface area contributed by atoms with E-state index in [4.69, 9.17) is 10.8 Å². The number of hydrogen-bond acceptors (Lipinski definition) is 4. The molecule has 18 heavy (non-hydrogen) atoms. The van der Waals surface area contributed by atoms with Crippen LogP contribution in [-0.2, 0) is 6.42 Å². The Bertz CT molecular complexity index is 329. The van der Waals surface area contributed by atoms with Crippen LogP contribution in [-0.4, -0.2) is 48.5 Å². The summed E-state index contributed by atoms with van der Waals surface area (Å²) in [4.78, 5) is 3.49. The zero-order valence-electron chi connectivity index (χ0n) is 11.3. The van der Waals surface area contributed by atoms with E-state index in [1.165, 1.54) is 10.5 Å². The SMILES string of the molecule is CCSc1ccc(CCN(C)CC(N)CO)cc1. The minimum atomic E-state index is -0.140. The molecular formula is C14H24N2OS. The van der Waals surface area contributed by atoms with Crippen molar-refractivity contribution in [1.29, 1.82) is 0 Å². The molecule has 0 aliphatic heterocycles. The fourth-order valence-corrected chi connectivity index (χ4v) is 2.45. The third-order valence-electron chi connectivity index (χ3n) is 2.80. The second-order valence-corrected chi connectivity index (χ2v) is 5.87. The maximum absolute atomic E-state index is 8.90. The van der Waals surface area contributed by atoms with Gasteiger partial charge >= 0.3 is 0 Å². The number of aliphatic hydroxyl groups excluding tert-OH is 1. The van der Waals surface area contributed by atoms with E-state index >= 15 is 0 Å². The number of rotatable bonds is 8. The molecule has 102 valence electrons. The molecule has 0 radical (unpaired) electrons. The average molecular weight is 268 g/mol. The molecule has 1 aromatic carbocycles. The maximum Gasteiger partial charge on any atom is 0.0595 e. The van der Waals surface area contributed by atoms with Gasteiger partial charge < -0.3 is 15.7 Å². The molecule has 0 aliphatic carbocycles. The van der Waals surface area contributed by atoms with Gasteiger partial charge in [0, 0.05) is 24.0 Å². The van der Waals surface area contributed by atoms with Crippen molar-refractivity contribution in [2.75, 3.05) is 32.5 Å². The molecular weight excluding hydrogens is 244 g/mol. The van der Waals surface area contributed by atoms with E-state index in [0.29, 0.717) is 0 Å². The lowest BCUT2D eigenvalue weighted by atomic mass is 10.1. The summed E-state index contributed by atoms with van der Waals surface area (Å²) in [5.74, 6) is 1.11. The van der Waals surface area contributed by atoms with Crippen LogP contribution in [0.25, 0.3) is 0 Å². The summed E-state index contributed by atoms with van der Waals surface area (Å²) in [5.41, 5.74) is 7.05. The lowest BCUT2D eigenvalue weighted by molar-refractivity contribution is 0.223. The Morgan fingerprint density at radius 1 is 1.33 bits per heavy atom. The third-order valence-corrected chi connectivity index (χ3v) is 3.69. The van der Waals surface area contributed by atoms with Gasteiger partial charge in [0.25, 0.3) is 0 Å². The Kier molecular flexibility index (Phi) is 7.35. The van der Waals surface area contributed by atoms with Gasteiger partial charge in [-0.3, -0.25) is 0 Å². The minimum absolute atomic E-state index is 0.0489. The van der Waals surface area contributed by atoms with Crippen molar-refractivity contribution in [3.8, 4) is 0 Å². The first kappa shape index (κ1) is 15.5. The van der Waals surface area contributed by atoms with Crippen LogP contribution in [0.4, 0.5) is 0 Å². The van der Waals surface area contributed by atoms with Crippen LogP contribution in [0.2, 0.25) is 0 Å². The van der Waals surface area contributed by atoms with Crippen LogP contribution in [0, 0.1) is 0 Å². The Labute approximate surface area is 114 Å². The first-order chi connectivity index (χ1) is 8.65. The van der Waals surface area contributed by atoms with Gasteiger partial charge in [-0.2, -0.15) is 0 Å². The van der Waals surface area contributed by atoms with Gasteiger partial charge in [0.15, 0.2) is 0 Å². The number of aliphatic hydroxyl groups is 1. The predicted octanol–water partition coefficient (Wildman–Crippen LogP) is 1.59. The van der Waals surface area contributed by atoms with E-state index in [9.17, 15) is 0 Å². The monoisotopic (exact) mass is 268 g/mol.